The van der Waals surface area contributed by atoms with Crippen molar-refractivity contribution in [3.05, 3.63) is 60.6 Å². The molecule has 0 saturated heterocycles. The van der Waals surface area contributed by atoms with Gasteiger partial charge in [-0.25, -0.2) is 4.68 Å². The molecule has 7 nitrogen and oxygen atoms in total. The summed E-state index contributed by atoms with van der Waals surface area (Å²) in [5.41, 5.74) is 4.58. The monoisotopic (exact) mass is 452 g/mol. The van der Waals surface area contributed by atoms with Gasteiger partial charge in [-0.05, 0) is 18.6 Å². The Morgan fingerprint density at radius 1 is 1.10 bits per heavy atom. The number of hydrogen-bond acceptors (Lipinski definition) is 5. The number of benzene rings is 1. The van der Waals surface area contributed by atoms with E-state index in [1.54, 1.807) is 24.3 Å². The van der Waals surface area contributed by atoms with Crippen LogP contribution >= 0.6 is 34.5 Å². The van der Waals surface area contributed by atoms with Crippen LogP contribution in [0.1, 0.15) is 47.0 Å². The number of rotatable bonds is 6. The van der Waals surface area contributed by atoms with Gasteiger partial charge >= 0.3 is 0 Å². The van der Waals surface area contributed by atoms with Crippen LogP contribution in [0.15, 0.2) is 35.1 Å². The lowest BCUT2D eigenvalue weighted by Crippen LogP contribution is -2.42. The molecule has 0 bridgehead atoms. The van der Waals surface area contributed by atoms with Gasteiger partial charge in [-0.1, -0.05) is 61.2 Å². The lowest BCUT2D eigenvalue weighted by Gasteiger charge is -2.11. The highest BCUT2D eigenvalue weighted by Crippen LogP contribution is 2.30. The van der Waals surface area contributed by atoms with Gasteiger partial charge in [0.1, 0.15) is 4.34 Å². The molecule has 0 aliphatic heterocycles. The molecule has 2 heterocycles. The van der Waals surface area contributed by atoms with Crippen LogP contribution in [0.2, 0.25) is 8.67 Å². The number of nitrogens with zero attached hydrogens (tertiary/aromatic N) is 2. The molecule has 0 unspecified atom stereocenters. The van der Waals surface area contributed by atoms with E-state index >= 15 is 0 Å². The summed E-state index contributed by atoms with van der Waals surface area (Å²) in [4.78, 5) is 37.6. The van der Waals surface area contributed by atoms with Crippen molar-refractivity contribution in [2.45, 2.75) is 32.7 Å². The highest BCUT2D eigenvalue weighted by molar-refractivity contribution is 7.20. The van der Waals surface area contributed by atoms with Crippen molar-refractivity contribution in [3.63, 3.8) is 0 Å². The molecule has 0 radical (unpaired) electrons. The quantitative estimate of drug-likeness (QED) is 0.436. The zero-order valence-electron chi connectivity index (χ0n) is 15.5. The van der Waals surface area contributed by atoms with Gasteiger partial charge in [0.15, 0.2) is 5.69 Å². The summed E-state index contributed by atoms with van der Waals surface area (Å²) >= 11 is 12.9. The maximum Gasteiger partial charge on any atom is 0.290 e. The molecule has 0 fully saturated rings. The smallest absolute Gasteiger partial charge is 0.267 e. The molecule has 2 amide bonds. The van der Waals surface area contributed by atoms with Crippen molar-refractivity contribution < 1.29 is 9.59 Å². The van der Waals surface area contributed by atoms with Crippen LogP contribution in [-0.4, -0.2) is 21.6 Å². The molecule has 0 saturated carbocycles. The molecule has 0 atom stereocenters. The standard InChI is InChI=1S/C19H18Cl2N4O3S/c1-2-3-6-9-25-19(28)12-8-5-4-7-11(12)15(24-25)18(27)23-22-17(26)13-10-14(20)29-16(13)21/h4-5,7-8,10H,2-3,6,9H2,1H3,(H,22,26)(H,23,27). The zero-order valence-corrected chi connectivity index (χ0v) is 17.8. The number of aromatic nitrogens is 2. The van der Waals surface area contributed by atoms with Crippen LogP contribution in [0.3, 0.4) is 0 Å². The number of unbranched alkanes of at least 4 members (excludes halogenated alkanes) is 2. The lowest BCUT2D eigenvalue weighted by molar-refractivity contribution is 0.0844. The van der Waals surface area contributed by atoms with E-state index in [9.17, 15) is 14.4 Å². The number of fused-ring (bicyclic) bond motifs is 1. The summed E-state index contributed by atoms with van der Waals surface area (Å²) in [6, 6.07) is 8.15. The summed E-state index contributed by atoms with van der Waals surface area (Å²) in [6.07, 6.45) is 2.72. The molecule has 0 aliphatic rings. The van der Waals surface area contributed by atoms with Crippen LogP contribution in [0.5, 0.6) is 0 Å². The number of aryl methyl sites for hydroxylation is 1. The Balaban J connectivity index is 1.86. The second-order valence-corrected chi connectivity index (χ2v) is 8.56. The van der Waals surface area contributed by atoms with Gasteiger partial charge in [-0.3, -0.25) is 25.2 Å². The molecule has 152 valence electrons. The van der Waals surface area contributed by atoms with Crippen LogP contribution in [0, 0.1) is 0 Å². The van der Waals surface area contributed by atoms with E-state index in [1.807, 2.05) is 0 Å². The third-order valence-corrected chi connectivity index (χ3v) is 5.73. The van der Waals surface area contributed by atoms with Gasteiger partial charge in [0, 0.05) is 11.9 Å². The molecule has 10 heteroatoms. The van der Waals surface area contributed by atoms with Gasteiger partial charge in [0.25, 0.3) is 17.4 Å². The minimum absolute atomic E-state index is 0.0476. The van der Waals surface area contributed by atoms with Crippen molar-refractivity contribution in [2.24, 2.45) is 0 Å². The summed E-state index contributed by atoms with van der Waals surface area (Å²) in [7, 11) is 0. The van der Waals surface area contributed by atoms with E-state index in [0.29, 0.717) is 21.7 Å². The first kappa shape index (κ1) is 21.3. The molecule has 29 heavy (non-hydrogen) atoms. The molecule has 0 spiro atoms. The van der Waals surface area contributed by atoms with Crippen molar-refractivity contribution in [3.8, 4) is 0 Å². The Morgan fingerprint density at radius 2 is 1.79 bits per heavy atom. The second-order valence-electron chi connectivity index (χ2n) is 6.28. The first-order valence-corrected chi connectivity index (χ1v) is 10.5. The van der Waals surface area contributed by atoms with E-state index in [2.05, 4.69) is 22.9 Å². The highest BCUT2D eigenvalue weighted by Gasteiger charge is 2.19. The van der Waals surface area contributed by atoms with Gasteiger partial charge in [0.05, 0.1) is 15.3 Å². The normalized spacial score (nSPS) is 10.9. The summed E-state index contributed by atoms with van der Waals surface area (Å²) < 4.78 is 1.87. The molecule has 0 aliphatic carbocycles. The average molecular weight is 453 g/mol. The predicted octanol–water partition coefficient (Wildman–Crippen LogP) is 4.03. The Bertz CT molecular complexity index is 1130. The van der Waals surface area contributed by atoms with Gasteiger partial charge in [0.2, 0.25) is 0 Å². The molecule has 2 aromatic heterocycles. The van der Waals surface area contributed by atoms with Crippen molar-refractivity contribution >= 4 is 57.1 Å². The number of carbonyl (C=O) groups is 2. The fourth-order valence-corrected chi connectivity index (χ4v) is 4.26. The maximum absolute atomic E-state index is 12.7. The maximum atomic E-state index is 12.7. The Kier molecular flexibility index (Phi) is 6.89. The Hall–Kier alpha value is -2.42. The molecular formula is C19H18Cl2N4O3S. The molecule has 1 aromatic carbocycles. The molecule has 2 N–H and O–H groups in total. The fraction of sp³-hybridized carbons (Fsp3) is 0.263. The van der Waals surface area contributed by atoms with E-state index in [0.717, 1.165) is 30.6 Å². The number of hydrazine groups is 1. The summed E-state index contributed by atoms with van der Waals surface area (Å²) in [5.74, 6) is -1.25. The van der Waals surface area contributed by atoms with Gasteiger partial charge < -0.3 is 0 Å². The van der Waals surface area contributed by atoms with Gasteiger partial charge in [-0.15, -0.1) is 11.3 Å². The summed E-state index contributed by atoms with van der Waals surface area (Å²) in [6.45, 7) is 2.47. The van der Waals surface area contributed by atoms with Crippen molar-refractivity contribution in [2.75, 3.05) is 0 Å². The Labute approximate surface area is 180 Å². The van der Waals surface area contributed by atoms with E-state index < -0.39 is 11.8 Å². The van der Waals surface area contributed by atoms with Gasteiger partial charge in [-0.2, -0.15) is 5.10 Å². The van der Waals surface area contributed by atoms with E-state index in [1.165, 1.54) is 10.7 Å². The lowest BCUT2D eigenvalue weighted by atomic mass is 10.1. The van der Waals surface area contributed by atoms with Crippen LogP contribution in [0.4, 0.5) is 0 Å². The third-order valence-electron chi connectivity index (χ3n) is 4.25. The number of thiophene rings is 1. The second kappa shape index (κ2) is 9.39. The van der Waals surface area contributed by atoms with Crippen LogP contribution in [0.25, 0.3) is 10.8 Å². The SMILES string of the molecule is CCCCCn1nc(C(=O)NNC(=O)c2cc(Cl)sc2Cl)c2ccccc2c1=O. The van der Waals surface area contributed by atoms with E-state index in [-0.39, 0.29) is 21.2 Å². The third kappa shape index (κ3) is 4.77. The summed E-state index contributed by atoms with van der Waals surface area (Å²) in [5, 5.41) is 5.04. The average Bonchev–Trinajstić information content (AvgIpc) is 3.06. The number of amides is 2. The molecule has 3 aromatic rings. The first-order chi connectivity index (χ1) is 13.9. The minimum Gasteiger partial charge on any atom is -0.267 e. The Morgan fingerprint density at radius 3 is 2.45 bits per heavy atom. The largest absolute Gasteiger partial charge is 0.290 e. The predicted molar refractivity (Wildman–Crippen MR) is 115 cm³/mol. The number of halogens is 2. The zero-order chi connectivity index (χ0) is 21.0. The number of nitrogens with one attached hydrogen (secondary N) is 2. The van der Waals surface area contributed by atoms with Crippen molar-refractivity contribution in [1.29, 1.82) is 0 Å². The van der Waals surface area contributed by atoms with Crippen LogP contribution in [-0.2, 0) is 6.54 Å². The van der Waals surface area contributed by atoms with E-state index in [4.69, 9.17) is 23.2 Å². The fourth-order valence-electron chi connectivity index (χ4n) is 2.80. The molecule has 3 rings (SSSR count). The first-order valence-electron chi connectivity index (χ1n) is 8.97. The highest BCUT2D eigenvalue weighted by atomic mass is 35.5. The number of carbonyl (C=O) groups excluding carboxylic acids is 2. The van der Waals surface area contributed by atoms with Crippen LogP contribution < -0.4 is 16.4 Å². The topological polar surface area (TPSA) is 93.1 Å². The minimum atomic E-state index is -0.642. The van der Waals surface area contributed by atoms with Crippen molar-refractivity contribution in [1.82, 2.24) is 20.6 Å². The molecular weight excluding hydrogens is 435 g/mol. The number of hydrogen-bond donors (Lipinski definition) is 2.